The summed E-state index contributed by atoms with van der Waals surface area (Å²) in [6.45, 7) is 5.67. The molecule has 2 aliphatic rings. The van der Waals surface area contributed by atoms with Gasteiger partial charge in [0.15, 0.2) is 0 Å². The fraction of sp³-hybridized carbons (Fsp3) is 0.588. The van der Waals surface area contributed by atoms with Gasteiger partial charge in [0.25, 0.3) is 5.91 Å². The average Bonchev–Trinajstić information content (AvgIpc) is 3.03. The number of benzene rings is 1. The second-order valence-corrected chi connectivity index (χ2v) is 6.34. The van der Waals surface area contributed by atoms with Crippen molar-refractivity contribution in [2.75, 3.05) is 31.9 Å². The van der Waals surface area contributed by atoms with Crippen LogP contribution in [-0.2, 0) is 0 Å². The van der Waals surface area contributed by atoms with Crippen molar-refractivity contribution in [3.05, 3.63) is 29.3 Å². The predicted octanol–water partition coefficient (Wildman–Crippen LogP) is 3.12. The van der Waals surface area contributed by atoms with Crippen molar-refractivity contribution < 1.29 is 4.79 Å². The van der Waals surface area contributed by atoms with E-state index in [0.29, 0.717) is 5.69 Å². The summed E-state index contributed by atoms with van der Waals surface area (Å²) in [6, 6.07) is 6.35. The lowest BCUT2D eigenvalue weighted by atomic mass is 10.1. The molecule has 6 heteroatoms. The lowest BCUT2D eigenvalue weighted by Crippen LogP contribution is -2.51. The lowest BCUT2D eigenvalue weighted by Gasteiger charge is -2.38. The molecule has 0 unspecified atom stereocenters. The van der Waals surface area contributed by atoms with Gasteiger partial charge in [-0.15, -0.1) is 24.8 Å². The summed E-state index contributed by atoms with van der Waals surface area (Å²) in [7, 11) is 0. The highest BCUT2D eigenvalue weighted by atomic mass is 35.5. The third-order valence-electron chi connectivity index (χ3n) is 4.93. The van der Waals surface area contributed by atoms with E-state index in [-0.39, 0.29) is 30.7 Å². The first-order valence-electron chi connectivity index (χ1n) is 8.04. The first kappa shape index (κ1) is 20.1. The van der Waals surface area contributed by atoms with Crippen molar-refractivity contribution >= 4 is 36.4 Å². The quantitative estimate of drug-likeness (QED) is 0.825. The van der Waals surface area contributed by atoms with Crippen LogP contribution in [0, 0.1) is 6.92 Å². The summed E-state index contributed by atoms with van der Waals surface area (Å²) in [5.41, 5.74) is 8.24. The van der Waals surface area contributed by atoms with Gasteiger partial charge < -0.3 is 10.6 Å². The minimum atomic E-state index is 0. The lowest BCUT2D eigenvalue weighted by molar-refractivity contribution is 0.0573. The molecule has 0 bridgehead atoms. The fourth-order valence-corrected chi connectivity index (χ4v) is 3.60. The normalized spacial score (nSPS) is 19.1. The van der Waals surface area contributed by atoms with Crippen molar-refractivity contribution in [1.29, 1.82) is 0 Å². The molecule has 1 aromatic carbocycles. The summed E-state index contributed by atoms with van der Waals surface area (Å²) in [4.78, 5) is 17.2. The van der Waals surface area contributed by atoms with E-state index >= 15 is 0 Å². The molecule has 0 spiro atoms. The van der Waals surface area contributed by atoms with E-state index in [1.807, 2.05) is 24.0 Å². The van der Waals surface area contributed by atoms with Gasteiger partial charge in [-0.3, -0.25) is 9.69 Å². The molecule has 1 saturated heterocycles. The van der Waals surface area contributed by atoms with Gasteiger partial charge in [0, 0.05) is 43.5 Å². The van der Waals surface area contributed by atoms with Crippen LogP contribution in [0.25, 0.3) is 0 Å². The monoisotopic (exact) mass is 359 g/mol. The van der Waals surface area contributed by atoms with Gasteiger partial charge in [-0.05, 0) is 37.5 Å². The topological polar surface area (TPSA) is 49.6 Å². The largest absolute Gasteiger partial charge is 0.399 e. The smallest absolute Gasteiger partial charge is 0.254 e. The van der Waals surface area contributed by atoms with Crippen LogP contribution >= 0.6 is 24.8 Å². The van der Waals surface area contributed by atoms with E-state index < -0.39 is 0 Å². The van der Waals surface area contributed by atoms with Gasteiger partial charge in [0.1, 0.15) is 0 Å². The molecule has 2 N–H and O–H groups in total. The maximum atomic E-state index is 12.7. The number of amides is 1. The van der Waals surface area contributed by atoms with Crippen LogP contribution in [0.15, 0.2) is 18.2 Å². The number of rotatable bonds is 2. The van der Waals surface area contributed by atoms with Crippen molar-refractivity contribution in [2.24, 2.45) is 0 Å². The number of nitrogen functional groups attached to an aromatic ring is 1. The van der Waals surface area contributed by atoms with Crippen molar-refractivity contribution in [3.63, 3.8) is 0 Å². The first-order valence-corrected chi connectivity index (χ1v) is 8.04. The Morgan fingerprint density at radius 3 is 2.30 bits per heavy atom. The summed E-state index contributed by atoms with van der Waals surface area (Å²) in [6.07, 6.45) is 5.41. The van der Waals surface area contributed by atoms with Gasteiger partial charge in [-0.25, -0.2) is 0 Å². The molecular weight excluding hydrogens is 333 g/mol. The molecule has 1 amide bonds. The van der Waals surface area contributed by atoms with Crippen LogP contribution in [0.2, 0.25) is 0 Å². The maximum Gasteiger partial charge on any atom is 0.254 e. The zero-order chi connectivity index (χ0) is 14.8. The minimum absolute atomic E-state index is 0. The van der Waals surface area contributed by atoms with Crippen LogP contribution < -0.4 is 5.73 Å². The zero-order valence-electron chi connectivity index (χ0n) is 13.7. The predicted molar refractivity (Wildman–Crippen MR) is 99.8 cm³/mol. The second-order valence-electron chi connectivity index (χ2n) is 6.34. The summed E-state index contributed by atoms with van der Waals surface area (Å²) < 4.78 is 0. The molecular formula is C17H27Cl2N3O. The highest BCUT2D eigenvalue weighted by Crippen LogP contribution is 2.25. The number of piperazine rings is 1. The van der Waals surface area contributed by atoms with Gasteiger partial charge in [-0.2, -0.15) is 0 Å². The number of carbonyl (C=O) groups is 1. The number of halogens is 2. The Hall–Kier alpha value is -0.970. The summed E-state index contributed by atoms with van der Waals surface area (Å²) in [5, 5.41) is 0. The van der Waals surface area contributed by atoms with E-state index in [9.17, 15) is 4.79 Å². The highest BCUT2D eigenvalue weighted by Gasteiger charge is 2.28. The van der Waals surface area contributed by atoms with E-state index in [0.717, 1.165) is 43.3 Å². The Labute approximate surface area is 151 Å². The number of nitrogens with zero attached hydrogens (tertiary/aromatic N) is 2. The zero-order valence-corrected chi connectivity index (χ0v) is 15.3. The van der Waals surface area contributed by atoms with E-state index in [4.69, 9.17) is 5.73 Å². The maximum absolute atomic E-state index is 12.7. The molecule has 1 aliphatic carbocycles. The van der Waals surface area contributed by atoms with Gasteiger partial charge in [0.05, 0.1) is 0 Å². The van der Waals surface area contributed by atoms with Gasteiger partial charge in [-0.1, -0.05) is 18.9 Å². The standard InChI is InChI=1S/C17H25N3O.2ClH/c1-13-6-7-14(18)12-16(13)17(21)20-10-8-19(9-11-20)15-4-2-3-5-15;;/h6-7,12,15H,2-5,8-11,18H2,1H3;2*1H. The van der Waals surface area contributed by atoms with Gasteiger partial charge >= 0.3 is 0 Å². The molecule has 1 aliphatic heterocycles. The third kappa shape index (κ3) is 4.52. The molecule has 1 heterocycles. The fourth-order valence-electron chi connectivity index (χ4n) is 3.60. The molecule has 23 heavy (non-hydrogen) atoms. The Morgan fingerprint density at radius 1 is 1.09 bits per heavy atom. The molecule has 2 fully saturated rings. The van der Waals surface area contributed by atoms with Crippen LogP contribution in [0.3, 0.4) is 0 Å². The van der Waals surface area contributed by atoms with E-state index in [1.165, 1.54) is 25.7 Å². The highest BCUT2D eigenvalue weighted by molar-refractivity contribution is 5.96. The van der Waals surface area contributed by atoms with Crippen LogP contribution in [0.1, 0.15) is 41.6 Å². The number of carbonyl (C=O) groups excluding carboxylic acids is 1. The molecule has 0 aromatic heterocycles. The molecule has 3 rings (SSSR count). The Bertz CT molecular complexity index is 525. The Morgan fingerprint density at radius 2 is 1.70 bits per heavy atom. The molecule has 4 nitrogen and oxygen atoms in total. The van der Waals surface area contributed by atoms with Gasteiger partial charge in [0.2, 0.25) is 0 Å². The third-order valence-corrected chi connectivity index (χ3v) is 4.93. The number of hydrogen-bond acceptors (Lipinski definition) is 3. The van der Waals surface area contributed by atoms with Crippen LogP contribution in [-0.4, -0.2) is 47.9 Å². The molecule has 0 radical (unpaired) electrons. The number of nitrogens with two attached hydrogens (primary N) is 1. The summed E-state index contributed by atoms with van der Waals surface area (Å²) in [5.74, 6) is 0.130. The Balaban J connectivity index is 0.00000132. The molecule has 130 valence electrons. The minimum Gasteiger partial charge on any atom is -0.399 e. The van der Waals surface area contributed by atoms with E-state index in [1.54, 1.807) is 6.07 Å². The van der Waals surface area contributed by atoms with Crippen molar-refractivity contribution in [3.8, 4) is 0 Å². The number of anilines is 1. The second kappa shape index (κ2) is 8.76. The van der Waals surface area contributed by atoms with Crippen LogP contribution in [0.5, 0.6) is 0 Å². The molecule has 0 atom stereocenters. The number of aryl methyl sites for hydroxylation is 1. The van der Waals surface area contributed by atoms with E-state index in [2.05, 4.69) is 4.90 Å². The first-order chi connectivity index (χ1) is 10.1. The van der Waals surface area contributed by atoms with Crippen LogP contribution in [0.4, 0.5) is 5.69 Å². The average molecular weight is 360 g/mol. The summed E-state index contributed by atoms with van der Waals surface area (Å²) >= 11 is 0. The SMILES string of the molecule is Cc1ccc(N)cc1C(=O)N1CCN(C2CCCC2)CC1.Cl.Cl. The Kier molecular flexibility index (Phi) is 7.65. The molecule has 1 aromatic rings. The number of hydrogen-bond donors (Lipinski definition) is 1. The molecule has 1 saturated carbocycles. The van der Waals surface area contributed by atoms with Crippen molar-refractivity contribution in [2.45, 2.75) is 38.6 Å². The van der Waals surface area contributed by atoms with Crippen molar-refractivity contribution in [1.82, 2.24) is 9.80 Å².